The number of nitrogens with one attached hydrogen (secondary N) is 1. The Labute approximate surface area is 225 Å². The number of aryl methyl sites for hydroxylation is 1. The number of anilines is 4. The number of rotatable bonds is 5. The summed E-state index contributed by atoms with van der Waals surface area (Å²) < 4.78 is 1.64. The summed E-state index contributed by atoms with van der Waals surface area (Å²) in [7, 11) is 0. The molecule has 3 aliphatic rings. The zero-order valence-electron chi connectivity index (χ0n) is 22.4. The number of aromatic nitrogens is 6. The van der Waals surface area contributed by atoms with Crippen molar-refractivity contribution in [2.45, 2.75) is 83.1 Å². The van der Waals surface area contributed by atoms with Crippen molar-refractivity contribution in [2.75, 3.05) is 42.1 Å². The van der Waals surface area contributed by atoms with Crippen molar-refractivity contribution in [3.8, 4) is 5.82 Å². The predicted molar refractivity (Wildman–Crippen MR) is 150 cm³/mol. The molecule has 2 fully saturated rings. The minimum Gasteiger partial charge on any atom is -0.368 e. The van der Waals surface area contributed by atoms with E-state index < -0.39 is 0 Å². The Morgan fingerprint density at radius 1 is 0.816 bits per heavy atom. The minimum absolute atomic E-state index is 0.312. The molecule has 0 aromatic carbocycles. The van der Waals surface area contributed by atoms with E-state index in [1.54, 1.807) is 11.0 Å². The van der Waals surface area contributed by atoms with Crippen LogP contribution in [-0.2, 0) is 12.8 Å². The predicted octanol–water partition coefficient (Wildman–Crippen LogP) is 4.28. The van der Waals surface area contributed by atoms with Crippen LogP contribution in [-0.4, -0.2) is 66.8 Å². The second-order valence-electron chi connectivity index (χ2n) is 10.9. The fourth-order valence-corrected chi connectivity index (χ4v) is 6.27. The van der Waals surface area contributed by atoms with Crippen molar-refractivity contribution < 1.29 is 0 Å². The normalized spacial score (nSPS) is 19.8. The fourth-order valence-electron chi connectivity index (χ4n) is 6.27. The summed E-state index contributed by atoms with van der Waals surface area (Å²) in [5.41, 5.74) is 9.37. The van der Waals surface area contributed by atoms with Gasteiger partial charge in [-0.3, -0.25) is 0 Å². The van der Waals surface area contributed by atoms with Gasteiger partial charge in [-0.1, -0.05) is 25.7 Å². The van der Waals surface area contributed by atoms with Gasteiger partial charge in [-0.15, -0.1) is 5.10 Å². The van der Waals surface area contributed by atoms with Gasteiger partial charge in [-0.05, 0) is 76.6 Å². The molecular formula is C28H40N10. The minimum atomic E-state index is 0.312. The number of nitrogen functional groups attached to an aromatic ring is 1. The van der Waals surface area contributed by atoms with E-state index in [4.69, 9.17) is 10.7 Å². The first-order valence-corrected chi connectivity index (χ1v) is 14.5. The van der Waals surface area contributed by atoms with Crippen molar-refractivity contribution in [2.24, 2.45) is 0 Å². The SMILES string of the molecule is Nc1nc(Nc2ccc(N3CCC(N4CCCCCC4)CC3)nc2)nn1-c1ncnc2c1CCCCCC2. The second kappa shape index (κ2) is 11.6. The van der Waals surface area contributed by atoms with Gasteiger partial charge in [0.15, 0.2) is 5.82 Å². The summed E-state index contributed by atoms with van der Waals surface area (Å²) in [6, 6.07) is 4.86. The van der Waals surface area contributed by atoms with Crippen LogP contribution in [0.1, 0.15) is 75.5 Å². The van der Waals surface area contributed by atoms with Crippen molar-refractivity contribution in [1.29, 1.82) is 0 Å². The highest BCUT2D eigenvalue weighted by Gasteiger charge is 2.25. The van der Waals surface area contributed by atoms with Gasteiger partial charge in [0.1, 0.15) is 12.1 Å². The van der Waals surface area contributed by atoms with Crippen LogP contribution in [0.3, 0.4) is 0 Å². The fraction of sp³-hybridized carbons (Fsp3) is 0.607. The first-order valence-electron chi connectivity index (χ1n) is 14.5. The lowest BCUT2D eigenvalue weighted by atomic mass is 9.97. The van der Waals surface area contributed by atoms with Crippen molar-refractivity contribution in [3.05, 3.63) is 35.9 Å². The number of nitrogens with zero attached hydrogens (tertiary/aromatic N) is 8. The van der Waals surface area contributed by atoms with Crippen LogP contribution in [0.15, 0.2) is 24.7 Å². The van der Waals surface area contributed by atoms with E-state index >= 15 is 0 Å². The van der Waals surface area contributed by atoms with Crippen LogP contribution >= 0.6 is 0 Å². The van der Waals surface area contributed by atoms with Crippen LogP contribution in [0.25, 0.3) is 5.82 Å². The van der Waals surface area contributed by atoms with E-state index in [0.717, 1.165) is 73.4 Å². The Morgan fingerprint density at radius 2 is 1.58 bits per heavy atom. The molecule has 0 bridgehead atoms. The number of nitrogens with two attached hydrogens (primary N) is 1. The van der Waals surface area contributed by atoms with Gasteiger partial charge in [0, 0.05) is 30.4 Å². The number of likely N-dealkylation sites (tertiary alicyclic amines) is 1. The molecule has 5 heterocycles. The molecule has 6 rings (SSSR count). The van der Waals surface area contributed by atoms with Crippen molar-refractivity contribution in [1.82, 2.24) is 34.6 Å². The van der Waals surface area contributed by atoms with E-state index in [0.29, 0.717) is 11.9 Å². The summed E-state index contributed by atoms with van der Waals surface area (Å²) >= 11 is 0. The Balaban J connectivity index is 1.10. The van der Waals surface area contributed by atoms with Gasteiger partial charge < -0.3 is 20.9 Å². The molecule has 0 spiro atoms. The molecule has 3 aromatic heterocycles. The van der Waals surface area contributed by atoms with E-state index in [-0.39, 0.29) is 0 Å². The molecule has 10 nitrogen and oxygen atoms in total. The number of hydrogen-bond donors (Lipinski definition) is 2. The Morgan fingerprint density at radius 3 is 2.34 bits per heavy atom. The summed E-state index contributed by atoms with van der Waals surface area (Å²) in [5.74, 6) is 2.52. The number of pyridine rings is 1. The van der Waals surface area contributed by atoms with Crippen LogP contribution in [0, 0.1) is 0 Å². The lowest BCUT2D eigenvalue weighted by Crippen LogP contribution is -2.45. The molecule has 1 aliphatic carbocycles. The molecular weight excluding hydrogens is 476 g/mol. The van der Waals surface area contributed by atoms with E-state index in [1.807, 2.05) is 12.3 Å². The highest BCUT2D eigenvalue weighted by molar-refractivity contribution is 5.56. The van der Waals surface area contributed by atoms with Crippen molar-refractivity contribution >= 4 is 23.4 Å². The third-order valence-electron chi connectivity index (χ3n) is 8.38. The number of piperidine rings is 1. The van der Waals surface area contributed by atoms with Crippen LogP contribution in [0.2, 0.25) is 0 Å². The molecule has 0 atom stereocenters. The third-order valence-corrected chi connectivity index (χ3v) is 8.38. The molecule has 202 valence electrons. The van der Waals surface area contributed by atoms with Gasteiger partial charge in [0.2, 0.25) is 11.9 Å². The molecule has 0 amide bonds. The van der Waals surface area contributed by atoms with Gasteiger partial charge in [-0.2, -0.15) is 9.67 Å². The second-order valence-corrected chi connectivity index (χ2v) is 10.9. The molecule has 38 heavy (non-hydrogen) atoms. The zero-order valence-corrected chi connectivity index (χ0v) is 22.4. The van der Waals surface area contributed by atoms with Crippen LogP contribution < -0.4 is 16.0 Å². The first kappa shape index (κ1) is 25.0. The summed E-state index contributed by atoms with van der Waals surface area (Å²) in [6.45, 7) is 4.67. The molecule has 3 N–H and O–H groups in total. The zero-order chi connectivity index (χ0) is 25.7. The van der Waals surface area contributed by atoms with Gasteiger partial charge >= 0.3 is 0 Å². The maximum absolute atomic E-state index is 6.29. The van der Waals surface area contributed by atoms with E-state index in [2.05, 4.69) is 41.2 Å². The number of fused-ring (bicyclic) bond motifs is 1. The Hall–Kier alpha value is -3.27. The largest absolute Gasteiger partial charge is 0.368 e. The van der Waals surface area contributed by atoms with Gasteiger partial charge in [0.05, 0.1) is 11.9 Å². The lowest BCUT2D eigenvalue weighted by Gasteiger charge is -2.38. The number of hydrogen-bond acceptors (Lipinski definition) is 9. The molecule has 0 radical (unpaired) electrons. The van der Waals surface area contributed by atoms with E-state index in [9.17, 15) is 0 Å². The monoisotopic (exact) mass is 516 g/mol. The summed E-state index contributed by atoms with van der Waals surface area (Å²) in [4.78, 5) is 23.4. The van der Waals surface area contributed by atoms with Crippen molar-refractivity contribution in [3.63, 3.8) is 0 Å². The lowest BCUT2D eigenvalue weighted by molar-refractivity contribution is 0.175. The molecule has 10 heteroatoms. The van der Waals surface area contributed by atoms with Gasteiger partial charge in [-0.25, -0.2) is 15.0 Å². The smallest absolute Gasteiger partial charge is 0.248 e. The average molecular weight is 517 g/mol. The van der Waals surface area contributed by atoms with E-state index in [1.165, 1.54) is 64.5 Å². The topological polar surface area (TPSA) is 114 Å². The van der Waals surface area contributed by atoms with Crippen LogP contribution in [0.4, 0.5) is 23.4 Å². The standard InChI is InChI=1S/C28H40N10/c29-27-34-28(35-38(27)26-23-9-5-1-2-6-10-24(23)31-20-32-26)33-21-11-12-25(30-19-21)37-17-13-22(14-18-37)36-15-7-3-4-8-16-36/h11-12,19-20,22H,1-10,13-18H2,(H3,29,33,34,35). The van der Waals surface area contributed by atoms with Crippen LogP contribution in [0.5, 0.6) is 0 Å². The highest BCUT2D eigenvalue weighted by Crippen LogP contribution is 2.27. The molecule has 2 saturated heterocycles. The maximum Gasteiger partial charge on any atom is 0.248 e. The molecule has 3 aromatic rings. The summed E-state index contributed by atoms with van der Waals surface area (Å²) in [5, 5.41) is 7.91. The third kappa shape index (κ3) is 5.60. The maximum atomic E-state index is 6.29. The molecule has 0 saturated carbocycles. The Bertz CT molecular complexity index is 1190. The molecule has 0 unspecified atom stereocenters. The Kier molecular flexibility index (Phi) is 7.66. The highest BCUT2D eigenvalue weighted by atomic mass is 15.4. The average Bonchev–Trinajstić information content (AvgIpc) is 3.11. The summed E-state index contributed by atoms with van der Waals surface area (Å²) in [6.07, 6.45) is 18.1. The first-order chi connectivity index (χ1) is 18.7. The quantitative estimate of drug-likeness (QED) is 0.513. The van der Waals surface area contributed by atoms with Gasteiger partial charge in [0.25, 0.3) is 0 Å². The molecule has 2 aliphatic heterocycles.